The van der Waals surface area contributed by atoms with E-state index in [0.29, 0.717) is 17.0 Å². The van der Waals surface area contributed by atoms with Crippen molar-refractivity contribution >= 4 is 28.2 Å². The normalized spacial score (nSPS) is 20.0. The van der Waals surface area contributed by atoms with Crippen molar-refractivity contribution in [3.8, 4) is 0 Å². The van der Waals surface area contributed by atoms with Crippen molar-refractivity contribution in [1.29, 1.82) is 0 Å². The largest absolute Gasteiger partial charge is 0.330 e. The molecule has 1 aromatic rings. The number of thiophene rings is 1. The quantitative estimate of drug-likeness (QED) is 0.832. The van der Waals surface area contributed by atoms with E-state index >= 15 is 0 Å². The number of hydrogen-bond acceptors (Lipinski definition) is 3. The van der Waals surface area contributed by atoms with Crippen molar-refractivity contribution in [2.45, 2.75) is 33.2 Å². The summed E-state index contributed by atoms with van der Waals surface area (Å²) < 4.78 is 0. The van der Waals surface area contributed by atoms with Crippen LogP contribution in [0.2, 0.25) is 0 Å². The highest BCUT2D eigenvalue weighted by Gasteiger charge is 2.34. The average molecular weight is 252 g/mol. The standard InChI is InChI=1S/C12H16N2O2S/c1-5-8-10(15)13-11-9(12(16)14(8)4)6(2)7(3)17-11/h8H,5H2,1-4H3,(H,13,15)/t8-/m1/s1. The highest BCUT2D eigenvalue weighted by molar-refractivity contribution is 7.16. The van der Waals surface area contributed by atoms with Crippen molar-refractivity contribution < 1.29 is 9.59 Å². The van der Waals surface area contributed by atoms with Gasteiger partial charge in [-0.25, -0.2) is 0 Å². The number of nitrogens with one attached hydrogen (secondary N) is 1. The summed E-state index contributed by atoms with van der Waals surface area (Å²) in [6.07, 6.45) is 0.626. The van der Waals surface area contributed by atoms with Crippen molar-refractivity contribution in [3.05, 3.63) is 16.0 Å². The Bertz CT molecular complexity index is 493. The Morgan fingerprint density at radius 1 is 1.35 bits per heavy atom. The second-order valence-corrected chi connectivity index (χ2v) is 5.54. The monoisotopic (exact) mass is 252 g/mol. The van der Waals surface area contributed by atoms with E-state index in [9.17, 15) is 9.59 Å². The second-order valence-electron chi connectivity index (χ2n) is 4.32. The van der Waals surface area contributed by atoms with Gasteiger partial charge in [-0.3, -0.25) is 9.59 Å². The number of anilines is 1. The van der Waals surface area contributed by atoms with Gasteiger partial charge in [0.1, 0.15) is 11.0 Å². The number of fused-ring (bicyclic) bond motifs is 1. The third-order valence-electron chi connectivity index (χ3n) is 3.31. The second kappa shape index (κ2) is 4.14. The van der Waals surface area contributed by atoms with E-state index in [-0.39, 0.29) is 17.9 Å². The number of carbonyl (C=O) groups is 2. The third-order valence-corrected chi connectivity index (χ3v) is 4.44. The number of likely N-dealkylation sites (N-methyl/N-ethyl adjacent to an activating group) is 1. The molecule has 1 atom stereocenters. The number of carbonyl (C=O) groups excluding carboxylic acids is 2. The number of hydrogen-bond donors (Lipinski definition) is 1. The van der Waals surface area contributed by atoms with Gasteiger partial charge in [0, 0.05) is 11.9 Å². The van der Waals surface area contributed by atoms with Crippen LogP contribution >= 0.6 is 11.3 Å². The average Bonchev–Trinajstić information content (AvgIpc) is 2.49. The van der Waals surface area contributed by atoms with E-state index in [2.05, 4.69) is 5.32 Å². The number of rotatable bonds is 1. The zero-order valence-corrected chi connectivity index (χ0v) is 11.3. The van der Waals surface area contributed by atoms with Gasteiger partial charge in [-0.2, -0.15) is 0 Å². The molecule has 0 saturated carbocycles. The summed E-state index contributed by atoms with van der Waals surface area (Å²) in [4.78, 5) is 26.9. The third kappa shape index (κ3) is 1.74. The Balaban J connectivity index is 2.55. The molecule has 4 nitrogen and oxygen atoms in total. The van der Waals surface area contributed by atoms with Gasteiger partial charge < -0.3 is 10.2 Å². The SMILES string of the molecule is CC[C@@H]1C(=O)Nc2sc(C)c(C)c2C(=O)N1C. The molecule has 0 spiro atoms. The predicted octanol–water partition coefficient (Wildman–Crippen LogP) is 2.17. The van der Waals surface area contributed by atoms with Crippen LogP contribution in [-0.2, 0) is 4.79 Å². The molecular formula is C12H16N2O2S. The zero-order valence-electron chi connectivity index (χ0n) is 10.5. The first-order chi connectivity index (χ1) is 7.97. The molecular weight excluding hydrogens is 236 g/mol. The minimum Gasteiger partial charge on any atom is -0.330 e. The summed E-state index contributed by atoms with van der Waals surface area (Å²) in [5.74, 6) is -0.157. The fraction of sp³-hybridized carbons (Fsp3) is 0.500. The van der Waals surface area contributed by atoms with E-state index in [1.807, 2.05) is 20.8 Å². The maximum absolute atomic E-state index is 12.3. The van der Waals surface area contributed by atoms with Crippen molar-refractivity contribution in [2.24, 2.45) is 0 Å². The fourth-order valence-electron chi connectivity index (χ4n) is 2.12. The van der Waals surface area contributed by atoms with E-state index in [0.717, 1.165) is 10.4 Å². The minimum atomic E-state index is -0.373. The zero-order chi connectivity index (χ0) is 12.7. The molecule has 1 aromatic heterocycles. The van der Waals surface area contributed by atoms with Crippen LogP contribution in [0.5, 0.6) is 0 Å². The van der Waals surface area contributed by atoms with Gasteiger partial charge in [0.15, 0.2) is 0 Å². The molecule has 0 saturated heterocycles. The number of aryl methyl sites for hydroxylation is 1. The lowest BCUT2D eigenvalue weighted by molar-refractivity contribution is -0.120. The van der Waals surface area contributed by atoms with Crippen LogP contribution < -0.4 is 5.32 Å². The Kier molecular flexibility index (Phi) is 2.95. The van der Waals surface area contributed by atoms with Crippen LogP contribution in [0.3, 0.4) is 0 Å². The van der Waals surface area contributed by atoms with Gasteiger partial charge in [-0.1, -0.05) is 6.92 Å². The smallest absolute Gasteiger partial charge is 0.257 e. The van der Waals surface area contributed by atoms with Gasteiger partial charge in [0.25, 0.3) is 5.91 Å². The van der Waals surface area contributed by atoms with Crippen molar-refractivity contribution in [3.63, 3.8) is 0 Å². The molecule has 1 aliphatic heterocycles. The molecule has 0 fully saturated rings. The van der Waals surface area contributed by atoms with Gasteiger partial charge >= 0.3 is 0 Å². The Labute approximate surface area is 105 Å². The predicted molar refractivity (Wildman–Crippen MR) is 68.6 cm³/mol. The molecule has 1 N–H and O–H groups in total. The van der Waals surface area contributed by atoms with Gasteiger partial charge in [-0.15, -0.1) is 11.3 Å². The maximum Gasteiger partial charge on any atom is 0.257 e. The lowest BCUT2D eigenvalue weighted by atomic mass is 10.1. The minimum absolute atomic E-state index is 0.0629. The van der Waals surface area contributed by atoms with Crippen LogP contribution in [-0.4, -0.2) is 29.8 Å². The molecule has 1 aliphatic rings. The summed E-state index contributed by atoms with van der Waals surface area (Å²) in [6, 6.07) is -0.373. The molecule has 0 aliphatic carbocycles. The first kappa shape index (κ1) is 12.1. The molecule has 92 valence electrons. The van der Waals surface area contributed by atoms with E-state index in [4.69, 9.17) is 0 Å². The van der Waals surface area contributed by atoms with Crippen molar-refractivity contribution in [2.75, 3.05) is 12.4 Å². The topological polar surface area (TPSA) is 49.4 Å². The molecule has 17 heavy (non-hydrogen) atoms. The van der Waals surface area contributed by atoms with Crippen molar-refractivity contribution in [1.82, 2.24) is 4.90 Å². The molecule has 2 amide bonds. The molecule has 5 heteroatoms. The molecule has 0 unspecified atom stereocenters. The molecule has 2 rings (SSSR count). The summed E-state index contributed by atoms with van der Waals surface area (Å²) in [6.45, 7) is 5.80. The molecule has 0 radical (unpaired) electrons. The first-order valence-corrected chi connectivity index (χ1v) is 6.47. The summed E-state index contributed by atoms with van der Waals surface area (Å²) in [5, 5.41) is 3.56. The molecule has 2 heterocycles. The van der Waals surface area contributed by atoms with Crippen LogP contribution in [0.25, 0.3) is 0 Å². The highest BCUT2D eigenvalue weighted by Crippen LogP contribution is 2.35. The van der Waals surface area contributed by atoms with Crippen LogP contribution in [0.15, 0.2) is 0 Å². The highest BCUT2D eigenvalue weighted by atomic mass is 32.1. The van der Waals surface area contributed by atoms with Crippen LogP contribution in [0.1, 0.15) is 34.1 Å². The number of nitrogens with zero attached hydrogens (tertiary/aromatic N) is 1. The number of amides is 2. The van der Waals surface area contributed by atoms with Gasteiger partial charge in [-0.05, 0) is 25.8 Å². The summed E-state index contributed by atoms with van der Waals surface area (Å²) in [7, 11) is 1.69. The van der Waals surface area contributed by atoms with Crippen LogP contribution in [0.4, 0.5) is 5.00 Å². The van der Waals surface area contributed by atoms with E-state index in [1.54, 1.807) is 11.9 Å². The summed E-state index contributed by atoms with van der Waals surface area (Å²) >= 11 is 1.47. The molecule has 0 bridgehead atoms. The lowest BCUT2D eigenvalue weighted by Gasteiger charge is -2.23. The molecule has 0 aromatic carbocycles. The first-order valence-electron chi connectivity index (χ1n) is 5.65. The Morgan fingerprint density at radius 2 is 2.00 bits per heavy atom. The van der Waals surface area contributed by atoms with Crippen LogP contribution in [0, 0.1) is 13.8 Å². The lowest BCUT2D eigenvalue weighted by Crippen LogP contribution is -2.42. The van der Waals surface area contributed by atoms with E-state index < -0.39 is 0 Å². The van der Waals surface area contributed by atoms with Gasteiger partial charge in [0.2, 0.25) is 5.91 Å². The van der Waals surface area contributed by atoms with E-state index in [1.165, 1.54) is 11.3 Å². The Hall–Kier alpha value is -1.36. The Morgan fingerprint density at radius 3 is 2.59 bits per heavy atom. The fourth-order valence-corrected chi connectivity index (χ4v) is 3.18. The summed E-state index contributed by atoms with van der Waals surface area (Å²) in [5.41, 5.74) is 1.62. The maximum atomic E-state index is 12.3. The van der Waals surface area contributed by atoms with Gasteiger partial charge in [0.05, 0.1) is 5.56 Å².